The number of benzene rings is 2. The zero-order chi connectivity index (χ0) is 18.8. The summed E-state index contributed by atoms with van der Waals surface area (Å²) in [4.78, 5) is 20.6. The van der Waals surface area contributed by atoms with Crippen molar-refractivity contribution in [2.75, 3.05) is 0 Å². The highest BCUT2D eigenvalue weighted by atomic mass is 35.5. The maximum atomic E-state index is 12.4. The Morgan fingerprint density at radius 2 is 1.89 bits per heavy atom. The highest BCUT2D eigenvalue weighted by Crippen LogP contribution is 2.31. The maximum absolute atomic E-state index is 12.4. The molecule has 4 aromatic rings. The second kappa shape index (κ2) is 7.23. The minimum absolute atomic E-state index is 0.128. The second-order valence-electron chi connectivity index (χ2n) is 5.77. The summed E-state index contributed by atoms with van der Waals surface area (Å²) in [6.45, 7) is 0.128. The summed E-state index contributed by atoms with van der Waals surface area (Å²) in [6.07, 6.45) is 0. The van der Waals surface area contributed by atoms with Gasteiger partial charge < -0.3 is 9.72 Å². The van der Waals surface area contributed by atoms with Crippen LogP contribution in [-0.4, -0.2) is 9.97 Å². The van der Waals surface area contributed by atoms with E-state index in [0.717, 1.165) is 10.4 Å². The Morgan fingerprint density at radius 1 is 1.15 bits per heavy atom. The van der Waals surface area contributed by atoms with Crippen LogP contribution in [-0.2, 0) is 6.61 Å². The number of nitriles is 1. The lowest BCUT2D eigenvalue weighted by Crippen LogP contribution is -2.12. The van der Waals surface area contributed by atoms with Gasteiger partial charge in [-0.25, -0.2) is 4.98 Å². The molecule has 0 radical (unpaired) electrons. The minimum atomic E-state index is -0.191. The van der Waals surface area contributed by atoms with Crippen LogP contribution in [0.3, 0.4) is 0 Å². The highest BCUT2D eigenvalue weighted by Gasteiger charge is 2.11. The summed E-state index contributed by atoms with van der Waals surface area (Å²) in [5, 5.41) is 9.48. The number of hydrogen-bond donors (Lipinski definition) is 1. The molecule has 0 aliphatic heterocycles. The zero-order valence-electron chi connectivity index (χ0n) is 13.9. The smallest absolute Gasteiger partial charge is 0.268 e. The number of nitrogens with zero attached hydrogens (tertiary/aromatic N) is 2. The van der Waals surface area contributed by atoms with E-state index in [1.165, 1.54) is 11.3 Å². The third-order valence-electron chi connectivity index (χ3n) is 3.92. The number of thiophene rings is 1. The third kappa shape index (κ3) is 3.70. The van der Waals surface area contributed by atoms with Crippen molar-refractivity contribution < 1.29 is 4.74 Å². The van der Waals surface area contributed by atoms with E-state index in [2.05, 4.69) is 16.0 Å². The molecule has 5 nitrogen and oxygen atoms in total. The normalized spacial score (nSPS) is 10.7. The lowest BCUT2D eigenvalue weighted by atomic mass is 10.2. The minimum Gasteiger partial charge on any atom is -0.486 e. The number of hydrogen-bond acceptors (Lipinski definition) is 5. The fraction of sp³-hybridized carbons (Fsp3) is 0.0500. The predicted molar refractivity (Wildman–Crippen MR) is 106 cm³/mol. The quantitative estimate of drug-likeness (QED) is 0.542. The van der Waals surface area contributed by atoms with Crippen LogP contribution in [0.5, 0.6) is 5.75 Å². The monoisotopic (exact) mass is 393 g/mol. The van der Waals surface area contributed by atoms with Crippen LogP contribution < -0.4 is 10.3 Å². The van der Waals surface area contributed by atoms with E-state index in [0.29, 0.717) is 32.4 Å². The standard InChI is InChI=1S/C20H12ClN3O2S/c21-14-5-3-13(4-6-14)17-9-16-19(27-17)20(25)24-18(23-16)11-26-15-7-1-12(10-22)2-8-15/h1-9H,11H2,(H,23,24,25). The highest BCUT2D eigenvalue weighted by molar-refractivity contribution is 7.22. The molecule has 1 N–H and O–H groups in total. The summed E-state index contributed by atoms with van der Waals surface area (Å²) in [5.74, 6) is 1.04. The topological polar surface area (TPSA) is 78.8 Å². The van der Waals surface area contributed by atoms with Crippen molar-refractivity contribution in [1.29, 1.82) is 5.26 Å². The van der Waals surface area contributed by atoms with Gasteiger partial charge in [-0.15, -0.1) is 11.3 Å². The summed E-state index contributed by atoms with van der Waals surface area (Å²) < 4.78 is 6.22. The molecule has 0 atom stereocenters. The van der Waals surface area contributed by atoms with E-state index in [1.807, 2.05) is 30.3 Å². The van der Waals surface area contributed by atoms with Gasteiger partial charge in [-0.05, 0) is 48.0 Å². The van der Waals surface area contributed by atoms with Crippen LogP contribution in [0.4, 0.5) is 0 Å². The molecule has 2 aromatic carbocycles. The molecule has 0 fully saturated rings. The van der Waals surface area contributed by atoms with E-state index in [-0.39, 0.29) is 12.2 Å². The van der Waals surface area contributed by atoms with Crippen molar-refractivity contribution in [2.45, 2.75) is 6.61 Å². The Kier molecular flexibility index (Phi) is 4.63. The van der Waals surface area contributed by atoms with E-state index >= 15 is 0 Å². The van der Waals surface area contributed by atoms with E-state index in [9.17, 15) is 4.79 Å². The van der Waals surface area contributed by atoms with Crippen molar-refractivity contribution in [2.24, 2.45) is 0 Å². The molecule has 132 valence electrons. The molecular weight excluding hydrogens is 382 g/mol. The number of aromatic amines is 1. The largest absolute Gasteiger partial charge is 0.486 e. The van der Waals surface area contributed by atoms with Gasteiger partial charge in [-0.1, -0.05) is 23.7 Å². The molecule has 0 unspecified atom stereocenters. The first-order valence-corrected chi connectivity index (χ1v) is 9.23. The van der Waals surface area contributed by atoms with E-state index in [1.54, 1.807) is 24.3 Å². The number of H-pyrrole nitrogens is 1. The van der Waals surface area contributed by atoms with Crippen molar-refractivity contribution in [3.8, 4) is 22.3 Å². The van der Waals surface area contributed by atoms with Gasteiger partial charge in [0.1, 0.15) is 22.9 Å². The number of halogens is 1. The molecule has 0 saturated carbocycles. The van der Waals surface area contributed by atoms with Gasteiger partial charge >= 0.3 is 0 Å². The maximum Gasteiger partial charge on any atom is 0.268 e. The molecule has 0 bridgehead atoms. The van der Waals surface area contributed by atoms with Crippen molar-refractivity contribution in [3.05, 3.63) is 81.4 Å². The number of fused-ring (bicyclic) bond motifs is 1. The van der Waals surface area contributed by atoms with Crippen LogP contribution in [0.25, 0.3) is 20.7 Å². The third-order valence-corrected chi connectivity index (χ3v) is 5.34. The van der Waals surface area contributed by atoms with Gasteiger partial charge in [0.25, 0.3) is 5.56 Å². The van der Waals surface area contributed by atoms with Gasteiger partial charge in [-0.3, -0.25) is 4.79 Å². The van der Waals surface area contributed by atoms with E-state index < -0.39 is 0 Å². The average molecular weight is 394 g/mol. The average Bonchev–Trinajstić information content (AvgIpc) is 3.12. The Labute approximate surface area is 163 Å². The lowest BCUT2D eigenvalue weighted by molar-refractivity contribution is 0.296. The van der Waals surface area contributed by atoms with Gasteiger partial charge in [0, 0.05) is 9.90 Å². The zero-order valence-corrected chi connectivity index (χ0v) is 15.5. The molecule has 0 spiro atoms. The molecule has 0 aliphatic carbocycles. The summed E-state index contributed by atoms with van der Waals surface area (Å²) in [5.41, 5.74) is 1.98. The van der Waals surface area contributed by atoms with Gasteiger partial charge in [0.15, 0.2) is 0 Å². The molecular formula is C20H12ClN3O2S. The lowest BCUT2D eigenvalue weighted by Gasteiger charge is -2.05. The Balaban J connectivity index is 1.60. The van der Waals surface area contributed by atoms with Gasteiger partial charge in [0.05, 0.1) is 17.1 Å². The first kappa shape index (κ1) is 17.3. The number of aromatic nitrogens is 2. The van der Waals surface area contributed by atoms with Crippen LogP contribution >= 0.6 is 22.9 Å². The van der Waals surface area contributed by atoms with Crippen LogP contribution in [0.15, 0.2) is 59.4 Å². The summed E-state index contributed by atoms with van der Waals surface area (Å²) in [6, 6.07) is 18.2. The summed E-state index contributed by atoms with van der Waals surface area (Å²) >= 11 is 7.32. The number of ether oxygens (including phenoxy) is 1. The molecule has 27 heavy (non-hydrogen) atoms. The second-order valence-corrected chi connectivity index (χ2v) is 7.26. The summed E-state index contributed by atoms with van der Waals surface area (Å²) in [7, 11) is 0. The van der Waals surface area contributed by atoms with Crippen LogP contribution in [0.2, 0.25) is 5.02 Å². The fourth-order valence-corrected chi connectivity index (χ4v) is 3.71. The fourth-order valence-electron chi connectivity index (χ4n) is 2.59. The first-order chi connectivity index (χ1) is 13.1. The predicted octanol–water partition coefficient (Wildman–Crippen LogP) is 4.76. The van der Waals surface area contributed by atoms with Gasteiger partial charge in [-0.2, -0.15) is 5.26 Å². The first-order valence-electron chi connectivity index (χ1n) is 8.04. The number of nitrogens with one attached hydrogen (secondary N) is 1. The van der Waals surface area contributed by atoms with Gasteiger partial charge in [0.2, 0.25) is 0 Å². The molecule has 7 heteroatoms. The van der Waals surface area contributed by atoms with Crippen molar-refractivity contribution >= 4 is 33.2 Å². The van der Waals surface area contributed by atoms with Crippen LogP contribution in [0, 0.1) is 11.3 Å². The Hall–Kier alpha value is -3.14. The molecule has 2 heterocycles. The Morgan fingerprint density at radius 3 is 2.59 bits per heavy atom. The molecule has 2 aromatic heterocycles. The van der Waals surface area contributed by atoms with Crippen molar-refractivity contribution in [3.63, 3.8) is 0 Å². The van der Waals surface area contributed by atoms with E-state index in [4.69, 9.17) is 21.6 Å². The number of rotatable bonds is 4. The molecule has 4 rings (SSSR count). The molecule has 0 saturated heterocycles. The van der Waals surface area contributed by atoms with Crippen molar-refractivity contribution in [1.82, 2.24) is 9.97 Å². The Bertz CT molecular complexity index is 1210. The van der Waals surface area contributed by atoms with Crippen LogP contribution in [0.1, 0.15) is 11.4 Å². The molecule has 0 aliphatic rings. The SMILES string of the molecule is N#Cc1ccc(OCc2nc3cc(-c4ccc(Cl)cc4)sc3c(=O)[nH]2)cc1. The molecule has 0 amide bonds.